The summed E-state index contributed by atoms with van der Waals surface area (Å²) >= 11 is 0. The maximum atomic E-state index is 13.5. The molecule has 1 fully saturated rings. The summed E-state index contributed by atoms with van der Waals surface area (Å²) in [6.45, 7) is -0.837. The molecular formula is C30H28N2O6S. The van der Waals surface area contributed by atoms with Gasteiger partial charge in [-0.15, -0.1) is 0 Å². The molecule has 1 aliphatic heterocycles. The van der Waals surface area contributed by atoms with Crippen molar-refractivity contribution in [1.82, 2.24) is 9.62 Å². The Hall–Kier alpha value is -4.05. The minimum Gasteiger partial charge on any atom is -0.454 e. The van der Waals surface area contributed by atoms with Gasteiger partial charge in [0.1, 0.15) is 6.04 Å². The van der Waals surface area contributed by atoms with Crippen LogP contribution in [0.2, 0.25) is 0 Å². The monoisotopic (exact) mass is 544 g/mol. The number of carbonyl (C=O) groups is 2. The second-order valence-corrected chi connectivity index (χ2v) is 11.3. The lowest BCUT2D eigenvalue weighted by Gasteiger charge is -2.23. The highest BCUT2D eigenvalue weighted by molar-refractivity contribution is 7.89. The van der Waals surface area contributed by atoms with Gasteiger partial charge in [0.15, 0.2) is 6.61 Å². The average Bonchev–Trinajstić information content (AvgIpc) is 3.38. The molecule has 0 aromatic heterocycles. The quantitative estimate of drug-likeness (QED) is 0.329. The molecule has 0 saturated carbocycles. The normalized spacial score (nSPS) is 17.8. The maximum Gasteiger partial charge on any atom is 0.325 e. The molecule has 1 amide bonds. The lowest BCUT2D eigenvalue weighted by molar-refractivity contribution is -0.151. The Morgan fingerprint density at radius 1 is 0.872 bits per heavy atom. The maximum absolute atomic E-state index is 13.5. The van der Waals surface area contributed by atoms with E-state index in [1.54, 1.807) is 18.2 Å². The van der Waals surface area contributed by atoms with Gasteiger partial charge in [0.05, 0.1) is 17.0 Å². The summed E-state index contributed by atoms with van der Waals surface area (Å²) in [5.74, 6) is -1.43. The third kappa shape index (κ3) is 5.85. The second-order valence-electron chi connectivity index (χ2n) is 9.42. The van der Waals surface area contributed by atoms with Crippen LogP contribution in [-0.2, 0) is 24.3 Å². The molecule has 0 bridgehead atoms. The van der Waals surface area contributed by atoms with Crippen molar-refractivity contribution in [2.24, 2.45) is 0 Å². The molecule has 5 rings (SSSR count). The lowest BCUT2D eigenvalue weighted by atomic mass is 9.99. The summed E-state index contributed by atoms with van der Waals surface area (Å²) in [7, 11) is -4.11. The number of β-amino-alcohol motifs (C(OH)–C–C–N with tert-alkyl or cyclic N) is 1. The van der Waals surface area contributed by atoms with Gasteiger partial charge in [-0.25, -0.2) is 8.42 Å². The van der Waals surface area contributed by atoms with Crippen LogP contribution in [0.1, 0.15) is 23.6 Å². The van der Waals surface area contributed by atoms with E-state index in [4.69, 9.17) is 4.74 Å². The zero-order valence-corrected chi connectivity index (χ0v) is 21.8. The molecule has 4 aromatic carbocycles. The Kier molecular flexibility index (Phi) is 7.74. The van der Waals surface area contributed by atoms with Crippen molar-refractivity contribution in [2.45, 2.75) is 29.5 Å². The van der Waals surface area contributed by atoms with Gasteiger partial charge in [-0.1, -0.05) is 91.0 Å². The number of hydrogen-bond donors (Lipinski definition) is 2. The minimum absolute atomic E-state index is 0.0133. The van der Waals surface area contributed by atoms with Crippen LogP contribution in [0.3, 0.4) is 0 Å². The second kappa shape index (κ2) is 11.4. The van der Waals surface area contributed by atoms with E-state index < -0.39 is 46.7 Å². The smallest absolute Gasteiger partial charge is 0.325 e. The predicted octanol–water partition coefficient (Wildman–Crippen LogP) is 3.41. The largest absolute Gasteiger partial charge is 0.454 e. The molecule has 4 aromatic rings. The van der Waals surface area contributed by atoms with Gasteiger partial charge in [0.2, 0.25) is 10.0 Å². The van der Waals surface area contributed by atoms with Crippen LogP contribution in [-0.4, -0.2) is 55.0 Å². The van der Waals surface area contributed by atoms with E-state index in [0.29, 0.717) is 0 Å². The summed E-state index contributed by atoms with van der Waals surface area (Å²) in [6, 6.07) is 29.1. The van der Waals surface area contributed by atoms with Gasteiger partial charge >= 0.3 is 5.97 Å². The molecule has 0 radical (unpaired) electrons. The molecule has 0 spiro atoms. The zero-order valence-electron chi connectivity index (χ0n) is 21.0. The minimum atomic E-state index is -4.11. The van der Waals surface area contributed by atoms with Crippen LogP contribution in [0.25, 0.3) is 10.8 Å². The van der Waals surface area contributed by atoms with Crippen molar-refractivity contribution in [3.05, 3.63) is 114 Å². The van der Waals surface area contributed by atoms with Crippen LogP contribution < -0.4 is 5.32 Å². The molecule has 1 saturated heterocycles. The van der Waals surface area contributed by atoms with Crippen molar-refractivity contribution in [3.63, 3.8) is 0 Å². The first-order valence-electron chi connectivity index (χ1n) is 12.6. The van der Waals surface area contributed by atoms with E-state index in [0.717, 1.165) is 26.2 Å². The number of aliphatic hydroxyl groups is 1. The molecule has 39 heavy (non-hydrogen) atoms. The summed E-state index contributed by atoms with van der Waals surface area (Å²) in [5, 5.41) is 14.8. The van der Waals surface area contributed by atoms with Crippen LogP contribution in [0.5, 0.6) is 0 Å². The number of carbonyl (C=O) groups excluding carboxylic acids is 2. The van der Waals surface area contributed by atoms with E-state index >= 15 is 0 Å². The number of rotatable bonds is 8. The molecule has 1 aliphatic rings. The van der Waals surface area contributed by atoms with Crippen molar-refractivity contribution < 1.29 is 27.9 Å². The predicted molar refractivity (Wildman–Crippen MR) is 146 cm³/mol. The van der Waals surface area contributed by atoms with Gasteiger partial charge in [0.25, 0.3) is 5.91 Å². The molecule has 0 aliphatic carbocycles. The van der Waals surface area contributed by atoms with Crippen molar-refractivity contribution >= 4 is 32.7 Å². The van der Waals surface area contributed by atoms with Gasteiger partial charge in [-0.2, -0.15) is 4.31 Å². The van der Waals surface area contributed by atoms with Gasteiger partial charge in [0, 0.05) is 13.0 Å². The molecule has 8 nitrogen and oxygen atoms in total. The summed E-state index contributed by atoms with van der Waals surface area (Å²) < 4.78 is 33.2. The molecule has 2 N–H and O–H groups in total. The molecule has 200 valence electrons. The summed E-state index contributed by atoms with van der Waals surface area (Å²) in [5.41, 5.74) is 1.71. The first kappa shape index (κ1) is 26.6. The number of amides is 1. The number of hydrogen-bond acceptors (Lipinski definition) is 6. The molecule has 9 heteroatoms. The Bertz CT molecular complexity index is 1540. The number of esters is 1. The van der Waals surface area contributed by atoms with Crippen LogP contribution >= 0.6 is 0 Å². The molecular weight excluding hydrogens is 516 g/mol. The Balaban J connectivity index is 1.29. The average molecular weight is 545 g/mol. The highest BCUT2D eigenvalue weighted by Gasteiger charge is 2.44. The Labute approximate surface area is 226 Å². The van der Waals surface area contributed by atoms with Crippen LogP contribution in [0, 0.1) is 0 Å². The van der Waals surface area contributed by atoms with Gasteiger partial charge in [-0.05, 0) is 34.0 Å². The van der Waals surface area contributed by atoms with Gasteiger partial charge in [-0.3, -0.25) is 9.59 Å². The van der Waals surface area contributed by atoms with Crippen molar-refractivity contribution in [3.8, 4) is 0 Å². The number of ether oxygens (including phenoxy) is 1. The number of benzene rings is 4. The Morgan fingerprint density at radius 2 is 1.46 bits per heavy atom. The van der Waals surface area contributed by atoms with E-state index in [-0.39, 0.29) is 17.9 Å². The number of fused-ring (bicyclic) bond motifs is 1. The molecule has 0 unspecified atom stereocenters. The van der Waals surface area contributed by atoms with Gasteiger partial charge < -0.3 is 15.2 Å². The van der Waals surface area contributed by atoms with Crippen LogP contribution in [0.15, 0.2) is 108 Å². The van der Waals surface area contributed by atoms with Crippen molar-refractivity contribution in [2.75, 3.05) is 13.2 Å². The summed E-state index contributed by atoms with van der Waals surface area (Å²) in [6.07, 6.45) is -1.16. The third-order valence-corrected chi connectivity index (χ3v) is 8.62. The van der Waals surface area contributed by atoms with Crippen molar-refractivity contribution in [1.29, 1.82) is 0 Å². The molecule has 2 atom stereocenters. The van der Waals surface area contributed by atoms with E-state index in [2.05, 4.69) is 5.32 Å². The number of nitrogens with zero attached hydrogens (tertiary/aromatic N) is 1. The zero-order chi connectivity index (χ0) is 27.4. The highest BCUT2D eigenvalue weighted by Crippen LogP contribution is 2.29. The fraction of sp³-hybridized carbons (Fsp3) is 0.200. The SMILES string of the molecule is O=C(COC(=O)[C@@H]1C[C@H](O)CN1S(=O)(=O)c1ccc2ccccc2c1)NC(c1ccccc1)c1ccccc1. The summed E-state index contributed by atoms with van der Waals surface area (Å²) in [4.78, 5) is 25.9. The topological polar surface area (TPSA) is 113 Å². The van der Waals surface area contributed by atoms with E-state index in [1.807, 2.05) is 78.9 Å². The Morgan fingerprint density at radius 3 is 2.10 bits per heavy atom. The third-order valence-electron chi connectivity index (χ3n) is 6.75. The number of sulfonamides is 1. The number of aliphatic hydroxyl groups excluding tert-OH is 1. The van der Waals surface area contributed by atoms with Crippen LogP contribution in [0.4, 0.5) is 0 Å². The van der Waals surface area contributed by atoms with E-state index in [1.165, 1.54) is 6.07 Å². The lowest BCUT2D eigenvalue weighted by Crippen LogP contribution is -2.42. The highest BCUT2D eigenvalue weighted by atomic mass is 32.2. The van der Waals surface area contributed by atoms with E-state index in [9.17, 15) is 23.1 Å². The fourth-order valence-electron chi connectivity index (χ4n) is 4.81. The first-order chi connectivity index (χ1) is 18.8. The first-order valence-corrected chi connectivity index (χ1v) is 14.0. The fourth-order valence-corrected chi connectivity index (χ4v) is 6.48. The standard InChI is InChI=1S/C30H28N2O6S/c33-25-18-27(32(19-25)39(36,37)26-16-15-21-9-7-8-14-24(21)17-26)30(35)38-20-28(34)31-29(22-10-3-1-4-11-22)23-12-5-2-6-13-23/h1-17,25,27,29,33H,18-20H2,(H,31,34)/t25-,27-/m0/s1. The number of nitrogens with one attached hydrogen (secondary N) is 1. The molecule has 1 heterocycles.